The van der Waals surface area contributed by atoms with Crippen molar-refractivity contribution in [2.45, 2.75) is 26.9 Å². The normalized spacial score (nSPS) is 13.7. The third-order valence-electron chi connectivity index (χ3n) is 7.80. The van der Waals surface area contributed by atoms with E-state index in [2.05, 4.69) is 142 Å². The Hall–Kier alpha value is -3.41. The highest BCUT2D eigenvalue weighted by atomic mass is 31.2. The largest absolute Gasteiger partial charge is 0.252 e. The molecule has 1 aliphatic heterocycles. The van der Waals surface area contributed by atoms with E-state index in [0.29, 0.717) is 0 Å². The Morgan fingerprint density at radius 2 is 1.03 bits per heavy atom. The van der Waals surface area contributed by atoms with E-state index in [1.54, 1.807) is 0 Å². The molecule has 0 saturated carbocycles. The summed E-state index contributed by atoms with van der Waals surface area (Å²) in [5.74, 6) is 0. The second-order valence-electron chi connectivity index (χ2n) is 10.2. The van der Waals surface area contributed by atoms with Crippen molar-refractivity contribution in [1.29, 1.82) is 0 Å². The van der Waals surface area contributed by atoms with Gasteiger partial charge in [0.15, 0.2) is 0 Å². The van der Waals surface area contributed by atoms with Crippen molar-refractivity contribution >= 4 is 46.3 Å². The summed E-state index contributed by atoms with van der Waals surface area (Å²) in [6.45, 7) is 7.03. The van der Waals surface area contributed by atoms with Crippen LogP contribution in [0.1, 0.15) is 22.3 Å². The fraction of sp³-hybridized carbons (Fsp3) is 0.118. The first-order chi connectivity index (χ1) is 17.6. The van der Waals surface area contributed by atoms with E-state index in [-0.39, 0.29) is 6.71 Å². The number of fused-ring (bicyclic) bond motifs is 2. The summed E-state index contributed by atoms with van der Waals surface area (Å²) in [6, 6.07) is 45.7. The molecule has 5 aromatic carbocycles. The summed E-state index contributed by atoms with van der Waals surface area (Å²) in [4.78, 5) is 0. The molecule has 6 rings (SSSR count). The van der Waals surface area contributed by atoms with Crippen molar-refractivity contribution < 1.29 is 0 Å². The zero-order valence-corrected chi connectivity index (χ0v) is 22.2. The van der Waals surface area contributed by atoms with Crippen molar-refractivity contribution in [2.24, 2.45) is 0 Å². The van der Waals surface area contributed by atoms with Gasteiger partial charge in [0.2, 0.25) is 0 Å². The molecule has 0 unspecified atom stereocenters. The highest BCUT2D eigenvalue weighted by Gasteiger charge is 2.54. The predicted octanol–water partition coefficient (Wildman–Crippen LogP) is 4.94. The molecule has 174 valence electrons. The maximum Gasteiger partial charge on any atom is 0.252 e. The number of aryl methyl sites for hydroxylation is 3. The molecule has 0 saturated heterocycles. The topological polar surface area (TPSA) is 0 Å². The van der Waals surface area contributed by atoms with Crippen LogP contribution in [0.4, 0.5) is 0 Å². The van der Waals surface area contributed by atoms with E-state index in [1.165, 1.54) is 54.6 Å². The van der Waals surface area contributed by atoms with Crippen molar-refractivity contribution in [3.63, 3.8) is 0 Å². The lowest BCUT2D eigenvalue weighted by atomic mass is 9.35. The Labute approximate surface area is 216 Å². The highest BCUT2D eigenvalue weighted by Crippen LogP contribution is 2.58. The van der Waals surface area contributed by atoms with Crippen LogP contribution < -0.4 is 32.3 Å². The molecular formula is C34H31BP+. The maximum absolute atomic E-state index is 2.43. The quantitative estimate of drug-likeness (QED) is 0.252. The minimum Gasteiger partial charge on any atom is -0.0631 e. The van der Waals surface area contributed by atoms with E-state index in [0.717, 1.165) is 6.16 Å². The summed E-state index contributed by atoms with van der Waals surface area (Å²) in [5, 5.41) is 4.52. The molecule has 0 amide bonds. The molecule has 0 fully saturated rings. The lowest BCUT2D eigenvalue weighted by Gasteiger charge is -2.37. The van der Waals surface area contributed by atoms with Crippen LogP contribution in [0.2, 0.25) is 0 Å². The van der Waals surface area contributed by atoms with Gasteiger partial charge in [0.1, 0.15) is 23.2 Å². The Morgan fingerprint density at radius 3 is 1.58 bits per heavy atom. The average molecular weight is 481 g/mol. The monoisotopic (exact) mass is 481 g/mol. The molecular weight excluding hydrogens is 450 g/mol. The van der Waals surface area contributed by atoms with Gasteiger partial charge >= 0.3 is 0 Å². The first-order valence-electron chi connectivity index (χ1n) is 12.8. The third-order valence-corrected chi connectivity index (χ3v) is 12.3. The molecule has 0 atom stereocenters. The lowest BCUT2D eigenvalue weighted by Crippen LogP contribution is -2.67. The molecule has 0 N–H and O–H groups in total. The second kappa shape index (κ2) is 9.23. The van der Waals surface area contributed by atoms with Gasteiger partial charge in [-0.3, -0.25) is 0 Å². The molecule has 0 nitrogen and oxygen atoms in total. The Balaban J connectivity index is 1.72. The number of hydrogen-bond acceptors (Lipinski definition) is 0. The van der Waals surface area contributed by atoms with Gasteiger partial charge in [-0.2, -0.15) is 0 Å². The predicted molar refractivity (Wildman–Crippen MR) is 161 cm³/mol. The first kappa shape index (κ1) is 23.0. The Bertz CT molecular complexity index is 1470. The van der Waals surface area contributed by atoms with E-state index >= 15 is 0 Å². The molecule has 0 aliphatic carbocycles. The number of benzene rings is 5. The van der Waals surface area contributed by atoms with Gasteiger partial charge in [-0.15, -0.1) is 0 Å². The number of hydrogen-bond donors (Lipinski definition) is 0. The van der Waals surface area contributed by atoms with Crippen LogP contribution >= 0.6 is 7.26 Å². The zero-order chi connectivity index (χ0) is 24.7. The molecule has 0 radical (unpaired) electrons. The van der Waals surface area contributed by atoms with Crippen molar-refractivity contribution in [3.8, 4) is 0 Å². The van der Waals surface area contributed by atoms with Gasteiger partial charge in [-0.1, -0.05) is 119 Å². The van der Waals surface area contributed by atoms with Crippen LogP contribution in [0.3, 0.4) is 0 Å². The summed E-state index contributed by atoms with van der Waals surface area (Å²) >= 11 is 0. The van der Waals surface area contributed by atoms with Crippen LogP contribution in [-0.4, -0.2) is 6.71 Å². The minimum atomic E-state index is -1.94. The van der Waals surface area contributed by atoms with Gasteiger partial charge in [0.05, 0.1) is 6.16 Å². The van der Waals surface area contributed by atoms with Crippen molar-refractivity contribution in [3.05, 3.63) is 144 Å². The molecule has 1 aliphatic rings. The molecule has 0 bridgehead atoms. The van der Waals surface area contributed by atoms with Gasteiger partial charge in [0.25, 0.3) is 6.71 Å². The van der Waals surface area contributed by atoms with E-state index < -0.39 is 7.26 Å². The van der Waals surface area contributed by atoms with Crippen LogP contribution in [0.15, 0.2) is 121 Å². The van der Waals surface area contributed by atoms with Crippen molar-refractivity contribution in [1.82, 2.24) is 0 Å². The van der Waals surface area contributed by atoms with Crippen LogP contribution in [0, 0.1) is 20.8 Å². The molecule has 0 aromatic heterocycles. The fourth-order valence-electron chi connectivity index (χ4n) is 6.49. The Kier molecular flexibility index (Phi) is 5.90. The smallest absolute Gasteiger partial charge is 0.0631 e. The molecule has 5 aromatic rings. The van der Waals surface area contributed by atoms with Crippen LogP contribution in [-0.2, 0) is 6.16 Å². The van der Waals surface area contributed by atoms with E-state index in [9.17, 15) is 0 Å². The van der Waals surface area contributed by atoms with Gasteiger partial charge in [-0.25, -0.2) is 0 Å². The fourth-order valence-corrected chi connectivity index (χ4v) is 11.2. The zero-order valence-electron chi connectivity index (χ0n) is 21.3. The number of rotatable bonds is 4. The maximum atomic E-state index is 2.43. The van der Waals surface area contributed by atoms with Crippen LogP contribution in [0.25, 0.3) is 0 Å². The summed E-state index contributed by atoms with van der Waals surface area (Å²) in [6.07, 6.45) is 1.03. The van der Waals surface area contributed by atoms with Crippen LogP contribution in [0.5, 0.6) is 0 Å². The molecule has 2 heteroatoms. The lowest BCUT2D eigenvalue weighted by molar-refractivity contribution is 1.35. The Morgan fingerprint density at radius 1 is 0.556 bits per heavy atom. The summed E-state index contributed by atoms with van der Waals surface area (Å²) in [5.41, 5.74) is 9.91. The summed E-state index contributed by atoms with van der Waals surface area (Å²) < 4.78 is 0. The van der Waals surface area contributed by atoms with E-state index in [4.69, 9.17) is 0 Å². The van der Waals surface area contributed by atoms with Gasteiger partial charge in [0, 0.05) is 0 Å². The molecule has 36 heavy (non-hydrogen) atoms. The minimum absolute atomic E-state index is 0.241. The summed E-state index contributed by atoms with van der Waals surface area (Å²) in [7, 11) is -1.94. The molecule has 0 spiro atoms. The van der Waals surface area contributed by atoms with Gasteiger partial charge < -0.3 is 0 Å². The average Bonchev–Trinajstić information content (AvgIpc) is 2.90. The third kappa shape index (κ3) is 3.66. The van der Waals surface area contributed by atoms with E-state index in [1.807, 2.05) is 0 Å². The highest BCUT2D eigenvalue weighted by molar-refractivity contribution is 7.96. The SMILES string of the molecule is Cc1cc(C)c(B2c3ccccc3[P+](Cc3ccccc3)(c3ccccc3)c3ccccc32)c(C)c1. The van der Waals surface area contributed by atoms with Gasteiger partial charge in [-0.05, 0) is 61.5 Å². The van der Waals surface area contributed by atoms with Crippen molar-refractivity contribution in [2.75, 3.05) is 0 Å². The second-order valence-corrected chi connectivity index (χ2v) is 13.6. The molecule has 1 heterocycles. The standard InChI is InChI=1S/C34H31BP/c1-25-22-26(2)34(27(3)23-25)35-30-18-10-12-20-32(30)36(29-16-8-5-9-17-29,24-28-14-6-4-7-15-28)33-21-13-11-19-31(33)35/h4-23H,24H2,1-3H3/q+1. The first-order valence-corrected chi connectivity index (χ1v) is 14.8.